The van der Waals surface area contributed by atoms with Gasteiger partial charge in [0.2, 0.25) is 10.0 Å². The Bertz CT molecular complexity index is 591. The molecule has 19 heavy (non-hydrogen) atoms. The lowest BCUT2D eigenvalue weighted by atomic mass is 10.2. The van der Waals surface area contributed by atoms with Crippen molar-refractivity contribution in [1.29, 1.82) is 5.26 Å². The molecule has 0 saturated carbocycles. The van der Waals surface area contributed by atoms with Crippen LogP contribution < -0.4 is 4.72 Å². The van der Waals surface area contributed by atoms with E-state index < -0.39 is 16.1 Å². The second-order valence-corrected chi connectivity index (χ2v) is 7.17. The van der Waals surface area contributed by atoms with Gasteiger partial charge in [-0.25, -0.2) is 13.1 Å². The number of nitrogens with zero attached hydrogens (tertiary/aromatic N) is 1. The van der Waals surface area contributed by atoms with Crippen molar-refractivity contribution < 1.29 is 8.42 Å². The van der Waals surface area contributed by atoms with Crippen LogP contribution in [0.3, 0.4) is 0 Å². The fourth-order valence-corrected chi connectivity index (χ4v) is 4.70. The minimum absolute atomic E-state index is 0.0266. The van der Waals surface area contributed by atoms with Crippen molar-refractivity contribution in [2.24, 2.45) is 0 Å². The van der Waals surface area contributed by atoms with Crippen molar-refractivity contribution in [3.8, 4) is 6.07 Å². The first-order chi connectivity index (χ1) is 8.81. The van der Waals surface area contributed by atoms with Crippen molar-refractivity contribution in [2.75, 3.05) is 0 Å². The molecule has 104 valence electrons. The molecule has 0 aliphatic rings. The molecular weight excluding hydrogens is 375 g/mol. The highest BCUT2D eigenvalue weighted by Gasteiger charge is 2.25. The van der Waals surface area contributed by atoms with Gasteiger partial charge in [0, 0.05) is 10.5 Å². The molecule has 0 aliphatic carbocycles. The second kappa shape index (κ2) is 6.91. The van der Waals surface area contributed by atoms with E-state index in [2.05, 4.69) is 20.7 Å². The summed E-state index contributed by atoms with van der Waals surface area (Å²) >= 11 is 15.0. The zero-order chi connectivity index (χ0) is 14.6. The van der Waals surface area contributed by atoms with Crippen molar-refractivity contribution >= 4 is 49.2 Å². The first-order valence-corrected chi connectivity index (χ1v) is 8.38. The Labute approximate surface area is 130 Å². The zero-order valence-electron chi connectivity index (χ0n) is 9.95. The van der Waals surface area contributed by atoms with Crippen LogP contribution in [-0.2, 0) is 10.0 Å². The Kier molecular flexibility index (Phi) is 6.09. The summed E-state index contributed by atoms with van der Waals surface area (Å²) in [5.41, 5.74) is 0. The van der Waals surface area contributed by atoms with Crippen LogP contribution in [0.2, 0.25) is 10.0 Å². The molecule has 0 amide bonds. The third-order valence-corrected chi connectivity index (χ3v) is 5.28. The maximum Gasteiger partial charge on any atom is 0.243 e. The van der Waals surface area contributed by atoms with Crippen molar-refractivity contribution in [3.63, 3.8) is 0 Å². The van der Waals surface area contributed by atoms with E-state index in [1.54, 1.807) is 6.92 Å². The minimum Gasteiger partial charge on any atom is -0.207 e. The Morgan fingerprint density at radius 3 is 2.37 bits per heavy atom. The monoisotopic (exact) mass is 384 g/mol. The largest absolute Gasteiger partial charge is 0.243 e. The molecule has 1 atom stereocenters. The molecule has 0 aromatic heterocycles. The Morgan fingerprint density at radius 2 is 1.95 bits per heavy atom. The SMILES string of the molecule is CCC(CC#N)NS(=O)(=O)c1c(Cl)cc(Br)cc1Cl. The van der Waals surface area contributed by atoms with E-state index in [1.165, 1.54) is 12.1 Å². The van der Waals surface area contributed by atoms with E-state index in [1.807, 2.05) is 6.07 Å². The molecule has 0 aliphatic heterocycles. The molecule has 0 heterocycles. The first kappa shape index (κ1) is 16.7. The lowest BCUT2D eigenvalue weighted by Crippen LogP contribution is -2.34. The van der Waals surface area contributed by atoms with E-state index in [0.717, 1.165) is 0 Å². The maximum absolute atomic E-state index is 12.2. The van der Waals surface area contributed by atoms with Gasteiger partial charge in [-0.1, -0.05) is 46.1 Å². The predicted octanol–water partition coefficient (Wildman–Crippen LogP) is 3.73. The summed E-state index contributed by atoms with van der Waals surface area (Å²) in [5, 5.41) is 8.69. The third kappa shape index (κ3) is 4.33. The van der Waals surface area contributed by atoms with Crippen LogP contribution >= 0.6 is 39.1 Å². The highest BCUT2D eigenvalue weighted by Crippen LogP contribution is 2.32. The zero-order valence-corrected chi connectivity index (χ0v) is 13.9. The molecule has 1 unspecified atom stereocenters. The fraction of sp³-hybridized carbons (Fsp3) is 0.364. The van der Waals surface area contributed by atoms with Crippen LogP contribution in [0, 0.1) is 11.3 Å². The summed E-state index contributed by atoms with van der Waals surface area (Å²) in [7, 11) is -3.86. The third-order valence-electron chi connectivity index (χ3n) is 2.38. The Hall–Kier alpha value is -0.320. The second-order valence-electron chi connectivity index (χ2n) is 3.79. The molecule has 1 aromatic rings. The molecule has 0 saturated heterocycles. The van der Waals surface area contributed by atoms with Crippen LogP contribution in [0.5, 0.6) is 0 Å². The summed E-state index contributed by atoms with van der Waals surface area (Å²) in [4.78, 5) is -0.171. The molecular formula is C11H11BrCl2N2O2S. The minimum atomic E-state index is -3.86. The first-order valence-electron chi connectivity index (χ1n) is 5.35. The molecule has 8 heteroatoms. The number of sulfonamides is 1. The normalized spacial score (nSPS) is 13.0. The number of benzene rings is 1. The number of hydrogen-bond acceptors (Lipinski definition) is 3. The van der Waals surface area contributed by atoms with E-state index in [0.29, 0.717) is 10.9 Å². The molecule has 1 N–H and O–H groups in total. The summed E-state index contributed by atoms with van der Waals surface area (Å²) in [5.74, 6) is 0. The number of nitrogens with one attached hydrogen (secondary N) is 1. The van der Waals surface area contributed by atoms with Crippen molar-refractivity contribution in [1.82, 2.24) is 4.72 Å². The number of nitriles is 1. The topological polar surface area (TPSA) is 70.0 Å². The quantitative estimate of drug-likeness (QED) is 0.839. The van der Waals surface area contributed by atoms with Gasteiger partial charge in [0.05, 0.1) is 22.5 Å². The van der Waals surface area contributed by atoms with E-state index >= 15 is 0 Å². The summed E-state index contributed by atoms with van der Waals surface area (Å²) < 4.78 is 27.5. The van der Waals surface area contributed by atoms with Gasteiger partial charge >= 0.3 is 0 Å². The molecule has 0 radical (unpaired) electrons. The van der Waals surface area contributed by atoms with Gasteiger partial charge in [-0.3, -0.25) is 0 Å². The smallest absolute Gasteiger partial charge is 0.207 e. The average Bonchev–Trinajstić information content (AvgIpc) is 2.25. The molecule has 0 fully saturated rings. The van der Waals surface area contributed by atoms with Gasteiger partial charge in [0.1, 0.15) is 4.90 Å². The highest BCUT2D eigenvalue weighted by atomic mass is 79.9. The van der Waals surface area contributed by atoms with Crippen LogP contribution in [0.25, 0.3) is 0 Å². The maximum atomic E-state index is 12.2. The summed E-state index contributed by atoms with van der Waals surface area (Å²) in [6, 6.07) is 4.37. The molecule has 1 rings (SSSR count). The fourth-order valence-electron chi connectivity index (χ4n) is 1.44. The molecule has 4 nitrogen and oxygen atoms in total. The number of halogens is 3. The summed E-state index contributed by atoms with van der Waals surface area (Å²) in [6.45, 7) is 1.79. The van der Waals surface area contributed by atoms with Crippen LogP contribution in [-0.4, -0.2) is 14.5 Å². The number of hydrogen-bond donors (Lipinski definition) is 1. The van der Waals surface area contributed by atoms with Crippen LogP contribution in [0.15, 0.2) is 21.5 Å². The Balaban J connectivity index is 3.18. The highest BCUT2D eigenvalue weighted by molar-refractivity contribution is 9.10. The lowest BCUT2D eigenvalue weighted by molar-refractivity contribution is 0.543. The van der Waals surface area contributed by atoms with Gasteiger partial charge in [0.25, 0.3) is 0 Å². The molecule has 0 bridgehead atoms. The van der Waals surface area contributed by atoms with E-state index in [-0.39, 0.29) is 21.4 Å². The van der Waals surface area contributed by atoms with Gasteiger partial charge in [0.15, 0.2) is 0 Å². The van der Waals surface area contributed by atoms with Crippen LogP contribution in [0.1, 0.15) is 19.8 Å². The van der Waals surface area contributed by atoms with Gasteiger partial charge in [-0.15, -0.1) is 0 Å². The average molecular weight is 386 g/mol. The van der Waals surface area contributed by atoms with E-state index in [4.69, 9.17) is 28.5 Å². The van der Waals surface area contributed by atoms with E-state index in [9.17, 15) is 8.42 Å². The van der Waals surface area contributed by atoms with Gasteiger partial charge in [-0.2, -0.15) is 5.26 Å². The summed E-state index contributed by atoms with van der Waals surface area (Å²) in [6.07, 6.45) is 0.583. The number of rotatable bonds is 5. The Morgan fingerprint density at radius 1 is 1.42 bits per heavy atom. The lowest BCUT2D eigenvalue weighted by Gasteiger charge is -2.15. The van der Waals surface area contributed by atoms with Crippen molar-refractivity contribution in [3.05, 3.63) is 26.7 Å². The molecule has 0 spiro atoms. The molecule has 1 aromatic carbocycles. The standard InChI is InChI=1S/C11H11BrCl2N2O2S/c1-2-8(3-4-15)16-19(17,18)11-9(13)5-7(12)6-10(11)14/h5-6,8,16H,2-3H2,1H3. The van der Waals surface area contributed by atoms with Gasteiger partial charge in [-0.05, 0) is 18.6 Å². The van der Waals surface area contributed by atoms with Crippen molar-refractivity contribution in [2.45, 2.75) is 30.7 Å². The predicted molar refractivity (Wildman–Crippen MR) is 78.8 cm³/mol. The van der Waals surface area contributed by atoms with Crippen LogP contribution in [0.4, 0.5) is 0 Å². The van der Waals surface area contributed by atoms with Gasteiger partial charge < -0.3 is 0 Å².